The first kappa shape index (κ1) is 27.9. The van der Waals surface area contributed by atoms with Gasteiger partial charge in [0.2, 0.25) is 0 Å². The lowest BCUT2D eigenvalue weighted by atomic mass is 9.93. The topological polar surface area (TPSA) is 56.7 Å². The molecule has 1 saturated carbocycles. The molecule has 5 nitrogen and oxygen atoms in total. The highest BCUT2D eigenvalue weighted by Crippen LogP contribution is 2.33. The van der Waals surface area contributed by atoms with Gasteiger partial charge in [-0.15, -0.1) is 0 Å². The molecule has 2 N–H and O–H groups in total. The smallest absolute Gasteiger partial charge is 0.251 e. The van der Waals surface area contributed by atoms with Crippen LogP contribution in [0.1, 0.15) is 67.8 Å². The molecule has 0 radical (unpaired) electrons. The van der Waals surface area contributed by atoms with Gasteiger partial charge in [-0.2, -0.15) is 0 Å². The van der Waals surface area contributed by atoms with Crippen LogP contribution in [0.3, 0.4) is 0 Å². The van der Waals surface area contributed by atoms with Gasteiger partial charge in [-0.3, -0.25) is 9.79 Å². The number of hydrogen-bond donors (Lipinski definition) is 2. The minimum Gasteiger partial charge on any atom is -0.369 e. The number of halogens is 1. The van der Waals surface area contributed by atoms with Crippen LogP contribution in [0.5, 0.6) is 0 Å². The van der Waals surface area contributed by atoms with Gasteiger partial charge < -0.3 is 15.5 Å². The Balaban J connectivity index is 0.00000129. The SMILES string of the molecule is C=CC1=C(C=C)N=C(CCNC(=O)c2cc(Cl)cc(N(CC)C3CCCCC3)c2C)C1.CNC. The molecule has 1 fully saturated rings. The van der Waals surface area contributed by atoms with E-state index in [1.807, 2.05) is 33.2 Å². The molecule has 1 aliphatic heterocycles. The maximum Gasteiger partial charge on any atom is 0.251 e. The van der Waals surface area contributed by atoms with Gasteiger partial charge in [0.15, 0.2) is 0 Å². The Bertz CT molecular complexity index is 929. The summed E-state index contributed by atoms with van der Waals surface area (Å²) in [6.45, 7) is 13.3. The predicted molar refractivity (Wildman–Crippen MR) is 147 cm³/mol. The molecule has 3 rings (SSSR count). The molecule has 6 heteroatoms. The monoisotopic (exact) mass is 484 g/mol. The number of nitrogens with zero attached hydrogens (tertiary/aromatic N) is 2. The Morgan fingerprint density at radius 3 is 2.44 bits per heavy atom. The zero-order valence-corrected chi connectivity index (χ0v) is 22.1. The van der Waals surface area contributed by atoms with Crippen LogP contribution in [0.15, 0.2) is 53.7 Å². The molecule has 0 saturated heterocycles. The van der Waals surface area contributed by atoms with Crippen molar-refractivity contribution in [1.29, 1.82) is 0 Å². The number of hydrogen-bond acceptors (Lipinski definition) is 4. The number of anilines is 1. The third-order valence-electron chi connectivity index (χ3n) is 6.40. The van der Waals surface area contributed by atoms with Crippen molar-refractivity contribution in [2.24, 2.45) is 4.99 Å². The molecule has 0 aromatic heterocycles. The lowest BCUT2D eigenvalue weighted by Gasteiger charge is -2.36. The molecule has 0 atom stereocenters. The van der Waals surface area contributed by atoms with E-state index >= 15 is 0 Å². The van der Waals surface area contributed by atoms with Crippen LogP contribution in [-0.2, 0) is 0 Å². The van der Waals surface area contributed by atoms with E-state index in [4.69, 9.17) is 11.6 Å². The lowest BCUT2D eigenvalue weighted by Crippen LogP contribution is -2.37. The number of benzene rings is 1. The van der Waals surface area contributed by atoms with Crippen molar-refractivity contribution >= 4 is 28.9 Å². The summed E-state index contributed by atoms with van der Waals surface area (Å²) >= 11 is 6.46. The van der Waals surface area contributed by atoms with Gasteiger partial charge in [0, 0.05) is 54.0 Å². The third kappa shape index (κ3) is 7.31. The Hall–Kier alpha value is -2.37. The van der Waals surface area contributed by atoms with Crippen LogP contribution in [0, 0.1) is 6.92 Å². The summed E-state index contributed by atoms with van der Waals surface area (Å²) < 4.78 is 0. The summed E-state index contributed by atoms with van der Waals surface area (Å²) in [6, 6.07) is 4.32. The summed E-state index contributed by atoms with van der Waals surface area (Å²) in [4.78, 5) is 20.0. The van der Waals surface area contributed by atoms with Crippen molar-refractivity contribution in [3.8, 4) is 0 Å². The van der Waals surface area contributed by atoms with Crippen molar-refractivity contribution in [1.82, 2.24) is 10.6 Å². The number of carbonyl (C=O) groups excluding carboxylic acids is 1. The molecule has 1 heterocycles. The van der Waals surface area contributed by atoms with Gasteiger partial charge in [0.1, 0.15) is 0 Å². The first-order valence-electron chi connectivity index (χ1n) is 12.4. The van der Waals surface area contributed by atoms with Crippen LogP contribution >= 0.6 is 11.6 Å². The van der Waals surface area contributed by atoms with Crippen LogP contribution in [0.4, 0.5) is 5.69 Å². The summed E-state index contributed by atoms with van der Waals surface area (Å²) in [6.07, 6.45) is 11.3. The molecule has 1 aliphatic carbocycles. The molecule has 1 aromatic carbocycles. The van der Waals surface area contributed by atoms with E-state index in [9.17, 15) is 4.79 Å². The maximum atomic E-state index is 13.0. The van der Waals surface area contributed by atoms with Crippen molar-refractivity contribution in [2.45, 2.75) is 64.8 Å². The molecule has 1 amide bonds. The summed E-state index contributed by atoms with van der Waals surface area (Å²) in [5.41, 5.74) is 5.76. The minimum absolute atomic E-state index is 0.0830. The summed E-state index contributed by atoms with van der Waals surface area (Å²) in [5, 5.41) is 6.41. The Kier molecular flexibility index (Phi) is 11.6. The van der Waals surface area contributed by atoms with E-state index < -0.39 is 0 Å². The van der Waals surface area contributed by atoms with E-state index in [0.717, 1.165) is 41.2 Å². The molecule has 34 heavy (non-hydrogen) atoms. The van der Waals surface area contributed by atoms with E-state index in [2.05, 4.69) is 40.6 Å². The van der Waals surface area contributed by atoms with Gasteiger partial charge >= 0.3 is 0 Å². The second-order valence-electron chi connectivity index (χ2n) is 8.85. The van der Waals surface area contributed by atoms with Crippen LogP contribution in [0.25, 0.3) is 0 Å². The highest BCUT2D eigenvalue weighted by molar-refractivity contribution is 6.31. The van der Waals surface area contributed by atoms with Crippen LogP contribution < -0.4 is 15.5 Å². The van der Waals surface area contributed by atoms with Crippen LogP contribution in [0.2, 0.25) is 5.02 Å². The standard InChI is InChI=1S/C26H34ClN3O.C2H7N/c1-5-19-15-21(29-24(19)6-2)13-14-28-26(31)23-16-20(27)17-25(18(23)4)30(7-3)22-11-9-8-10-12-22;1-3-2/h5-6,16-17,22H,1-2,7-15H2,3-4H3,(H,28,31);3H,1-2H3. The van der Waals surface area contributed by atoms with Gasteiger partial charge in [-0.05, 0) is 70.1 Å². The minimum atomic E-state index is -0.0830. The average molecular weight is 485 g/mol. The van der Waals surface area contributed by atoms with Crippen molar-refractivity contribution in [3.05, 3.63) is 64.9 Å². The number of aliphatic imine (C=N–C) groups is 1. The van der Waals surface area contributed by atoms with Crippen molar-refractivity contribution in [2.75, 3.05) is 32.1 Å². The predicted octanol–water partition coefficient (Wildman–Crippen LogP) is 6.23. The number of rotatable bonds is 9. The van der Waals surface area contributed by atoms with Gasteiger partial charge in [-0.1, -0.05) is 50.1 Å². The fraction of sp³-hybridized carbons (Fsp3) is 0.500. The summed E-state index contributed by atoms with van der Waals surface area (Å²) in [5.74, 6) is -0.0830. The largest absolute Gasteiger partial charge is 0.369 e. The quantitative estimate of drug-likeness (QED) is 0.436. The average Bonchev–Trinajstić information content (AvgIpc) is 3.25. The lowest BCUT2D eigenvalue weighted by molar-refractivity contribution is 0.0954. The third-order valence-corrected chi connectivity index (χ3v) is 6.61. The Morgan fingerprint density at radius 2 is 1.88 bits per heavy atom. The van der Waals surface area contributed by atoms with E-state index in [1.165, 1.54) is 32.1 Å². The van der Waals surface area contributed by atoms with Gasteiger partial charge in [0.25, 0.3) is 5.91 Å². The molecular formula is C28H41ClN4O. The van der Waals surface area contributed by atoms with E-state index in [0.29, 0.717) is 29.6 Å². The van der Waals surface area contributed by atoms with Crippen molar-refractivity contribution < 1.29 is 4.79 Å². The molecule has 0 bridgehead atoms. The molecule has 2 aliphatic rings. The fourth-order valence-electron chi connectivity index (χ4n) is 4.72. The van der Waals surface area contributed by atoms with Gasteiger partial charge in [0.05, 0.1) is 5.70 Å². The van der Waals surface area contributed by atoms with Crippen molar-refractivity contribution in [3.63, 3.8) is 0 Å². The van der Waals surface area contributed by atoms with Gasteiger partial charge in [-0.25, -0.2) is 0 Å². The second kappa shape index (κ2) is 14.1. The Labute approximate surface area is 211 Å². The van der Waals surface area contributed by atoms with Crippen LogP contribution in [-0.4, -0.2) is 44.8 Å². The highest BCUT2D eigenvalue weighted by Gasteiger charge is 2.24. The first-order valence-corrected chi connectivity index (χ1v) is 12.8. The highest BCUT2D eigenvalue weighted by atomic mass is 35.5. The molecular weight excluding hydrogens is 444 g/mol. The number of carbonyl (C=O) groups is 1. The summed E-state index contributed by atoms with van der Waals surface area (Å²) in [7, 11) is 3.75. The molecule has 0 spiro atoms. The normalized spacial score (nSPS) is 15.9. The zero-order chi connectivity index (χ0) is 25.1. The Morgan fingerprint density at radius 1 is 1.21 bits per heavy atom. The molecule has 186 valence electrons. The number of nitrogens with one attached hydrogen (secondary N) is 2. The second-order valence-corrected chi connectivity index (χ2v) is 9.29. The number of allylic oxidation sites excluding steroid dienone is 3. The van der Waals surface area contributed by atoms with E-state index in [1.54, 1.807) is 12.1 Å². The van der Waals surface area contributed by atoms with E-state index in [-0.39, 0.29) is 5.91 Å². The first-order chi connectivity index (χ1) is 16.4. The zero-order valence-electron chi connectivity index (χ0n) is 21.3. The maximum absolute atomic E-state index is 13.0. The fourth-order valence-corrected chi connectivity index (χ4v) is 4.93. The molecule has 1 aromatic rings. The number of amides is 1. The molecule has 0 unspecified atom stereocenters.